The molecule has 9 heteroatoms. The third-order valence-electron chi connectivity index (χ3n) is 5.03. The molecule has 176 valence electrons. The number of rotatable bonds is 9. The number of hydrogen-bond acceptors (Lipinski definition) is 6. The highest BCUT2D eigenvalue weighted by Gasteiger charge is 2.31. The van der Waals surface area contributed by atoms with E-state index in [1.165, 1.54) is 43.5 Å². The molecular formula is C24H25FO6S2. The summed E-state index contributed by atoms with van der Waals surface area (Å²) in [5, 5.41) is 0. The van der Waals surface area contributed by atoms with Crippen LogP contribution < -0.4 is 4.74 Å². The van der Waals surface area contributed by atoms with Gasteiger partial charge in [0, 0.05) is 13.2 Å². The topological polar surface area (TPSA) is 86.7 Å². The molecule has 0 N–H and O–H groups in total. The zero-order valence-electron chi connectivity index (χ0n) is 18.5. The fourth-order valence-electron chi connectivity index (χ4n) is 3.19. The van der Waals surface area contributed by atoms with Crippen molar-refractivity contribution in [2.24, 2.45) is 0 Å². The molecular weight excluding hydrogens is 467 g/mol. The van der Waals surface area contributed by atoms with E-state index in [2.05, 4.69) is 0 Å². The lowest BCUT2D eigenvalue weighted by atomic mass is 10.0. The minimum Gasteiger partial charge on any atom is -0.491 e. The molecule has 0 heterocycles. The number of hydrogen-bond donors (Lipinski definition) is 0. The van der Waals surface area contributed by atoms with Gasteiger partial charge < -0.3 is 9.47 Å². The van der Waals surface area contributed by atoms with Crippen LogP contribution in [0.2, 0.25) is 0 Å². The summed E-state index contributed by atoms with van der Waals surface area (Å²) in [6.07, 6.45) is 0. The van der Waals surface area contributed by atoms with E-state index in [1.54, 1.807) is 12.1 Å². The first-order chi connectivity index (χ1) is 15.6. The van der Waals surface area contributed by atoms with Crippen LogP contribution in [0, 0.1) is 5.82 Å². The van der Waals surface area contributed by atoms with E-state index < -0.39 is 40.2 Å². The molecule has 0 amide bonds. The molecule has 0 fully saturated rings. The molecule has 0 aliphatic heterocycles. The second kappa shape index (κ2) is 10.0. The van der Waals surface area contributed by atoms with E-state index in [9.17, 15) is 21.2 Å². The van der Waals surface area contributed by atoms with E-state index >= 15 is 0 Å². The third-order valence-corrected chi connectivity index (χ3v) is 8.82. The summed E-state index contributed by atoms with van der Waals surface area (Å²) in [7, 11) is -7.29. The van der Waals surface area contributed by atoms with Gasteiger partial charge in [-0.2, -0.15) is 0 Å². The molecule has 6 nitrogen and oxygen atoms in total. The Hall–Kier alpha value is -2.75. The van der Waals surface area contributed by atoms with Crippen molar-refractivity contribution in [2.45, 2.75) is 39.3 Å². The summed E-state index contributed by atoms with van der Waals surface area (Å²) >= 11 is 0. The van der Waals surface area contributed by atoms with E-state index in [0.717, 1.165) is 23.8 Å². The molecule has 0 radical (unpaired) electrons. The van der Waals surface area contributed by atoms with Crippen molar-refractivity contribution >= 4 is 19.7 Å². The zero-order chi connectivity index (χ0) is 24.2. The summed E-state index contributed by atoms with van der Waals surface area (Å²) in [6.45, 7) is 4.33. The van der Waals surface area contributed by atoms with Gasteiger partial charge in [-0.05, 0) is 47.9 Å². The highest BCUT2D eigenvalue weighted by molar-refractivity contribution is 7.94. The number of ether oxygens (including phenoxy) is 2. The molecule has 3 aromatic carbocycles. The van der Waals surface area contributed by atoms with E-state index in [0.29, 0.717) is 0 Å². The van der Waals surface area contributed by atoms with Gasteiger partial charge in [-0.15, -0.1) is 0 Å². The van der Waals surface area contributed by atoms with Gasteiger partial charge in [-0.1, -0.05) is 38.1 Å². The van der Waals surface area contributed by atoms with Crippen molar-refractivity contribution in [1.82, 2.24) is 0 Å². The molecule has 3 rings (SSSR count). The molecule has 0 aliphatic rings. The summed E-state index contributed by atoms with van der Waals surface area (Å²) in [5.41, 5.74) is 0.940. The maximum atomic E-state index is 14.4. The molecule has 0 aliphatic carbocycles. The van der Waals surface area contributed by atoms with Gasteiger partial charge in [0.25, 0.3) is 0 Å². The zero-order valence-corrected chi connectivity index (χ0v) is 20.1. The largest absolute Gasteiger partial charge is 0.491 e. The molecule has 0 saturated heterocycles. The Bertz CT molecular complexity index is 1330. The van der Waals surface area contributed by atoms with Gasteiger partial charge in [0.1, 0.15) is 23.1 Å². The summed E-state index contributed by atoms with van der Waals surface area (Å²) in [5.74, 6) is -0.661. The van der Waals surface area contributed by atoms with Gasteiger partial charge in [-0.3, -0.25) is 0 Å². The predicted octanol–water partition coefficient (Wildman–Crippen LogP) is 4.64. The van der Waals surface area contributed by atoms with Gasteiger partial charge in [0.15, 0.2) is 0 Å². The molecule has 0 spiro atoms. The highest BCUT2D eigenvalue weighted by atomic mass is 32.2. The van der Waals surface area contributed by atoms with Crippen LogP contribution in [0.5, 0.6) is 5.75 Å². The van der Waals surface area contributed by atoms with Crippen molar-refractivity contribution in [2.75, 3.05) is 20.3 Å². The smallest absolute Gasteiger partial charge is 0.210 e. The molecule has 0 atom stereocenters. The minimum atomic E-state index is -4.53. The first kappa shape index (κ1) is 24.9. The normalized spacial score (nSPS) is 12.2. The Morgan fingerprint density at radius 1 is 0.788 bits per heavy atom. The quantitative estimate of drug-likeness (QED) is 0.405. The number of methoxy groups -OCH3 is 1. The Morgan fingerprint density at radius 3 is 2.06 bits per heavy atom. The fourth-order valence-corrected chi connectivity index (χ4v) is 6.59. The van der Waals surface area contributed by atoms with Crippen LogP contribution in [0.25, 0.3) is 0 Å². The lowest BCUT2D eigenvalue weighted by molar-refractivity contribution is 0.146. The van der Waals surface area contributed by atoms with Crippen molar-refractivity contribution in [3.05, 3.63) is 78.1 Å². The number of sulfone groups is 2. The molecule has 3 aromatic rings. The SMILES string of the molecule is COCCOc1ccc(S(=O)(=O)c2ccc(C(C)C)cc2)c(S(=O)(=O)c2ccccc2F)c1. The van der Waals surface area contributed by atoms with Gasteiger partial charge in [-0.25, -0.2) is 21.2 Å². The highest BCUT2D eigenvalue weighted by Crippen LogP contribution is 2.35. The molecule has 33 heavy (non-hydrogen) atoms. The second-order valence-corrected chi connectivity index (χ2v) is 11.4. The third kappa shape index (κ3) is 5.26. The molecule has 0 bridgehead atoms. The summed E-state index contributed by atoms with van der Waals surface area (Å²) in [4.78, 5) is -1.70. The van der Waals surface area contributed by atoms with Crippen LogP contribution in [0.4, 0.5) is 4.39 Å². The average Bonchev–Trinajstić information content (AvgIpc) is 2.79. The lowest BCUT2D eigenvalue weighted by Crippen LogP contribution is -2.13. The van der Waals surface area contributed by atoms with Crippen LogP contribution in [-0.4, -0.2) is 37.2 Å². The monoisotopic (exact) mass is 492 g/mol. The van der Waals surface area contributed by atoms with E-state index in [1.807, 2.05) is 13.8 Å². The first-order valence-corrected chi connectivity index (χ1v) is 13.2. The van der Waals surface area contributed by atoms with Crippen LogP contribution >= 0.6 is 0 Å². The Morgan fingerprint density at radius 2 is 1.45 bits per heavy atom. The van der Waals surface area contributed by atoms with Crippen molar-refractivity contribution in [3.8, 4) is 5.75 Å². The Kier molecular flexibility index (Phi) is 7.56. The van der Waals surface area contributed by atoms with Crippen molar-refractivity contribution in [1.29, 1.82) is 0 Å². The predicted molar refractivity (Wildman–Crippen MR) is 122 cm³/mol. The minimum absolute atomic E-state index is 0.0649. The first-order valence-electron chi connectivity index (χ1n) is 10.2. The van der Waals surface area contributed by atoms with Gasteiger partial charge in [0.05, 0.1) is 21.3 Å². The number of halogens is 1. The van der Waals surface area contributed by atoms with E-state index in [-0.39, 0.29) is 29.8 Å². The summed E-state index contributed by atoms with van der Waals surface area (Å²) in [6, 6.07) is 14.7. The van der Waals surface area contributed by atoms with Gasteiger partial charge in [0.2, 0.25) is 19.7 Å². The summed E-state index contributed by atoms with van der Waals surface area (Å²) < 4.78 is 78.5. The van der Waals surface area contributed by atoms with Crippen LogP contribution in [0.3, 0.4) is 0 Å². The second-order valence-electron chi connectivity index (χ2n) is 7.61. The maximum absolute atomic E-state index is 14.4. The van der Waals surface area contributed by atoms with Crippen molar-refractivity contribution in [3.63, 3.8) is 0 Å². The molecule has 0 saturated carbocycles. The molecule has 0 unspecified atom stereocenters. The van der Waals surface area contributed by atoms with Gasteiger partial charge >= 0.3 is 0 Å². The van der Waals surface area contributed by atoms with Crippen molar-refractivity contribution < 1.29 is 30.7 Å². The maximum Gasteiger partial charge on any atom is 0.210 e. The van der Waals surface area contributed by atoms with Crippen LogP contribution in [0.15, 0.2) is 86.3 Å². The molecule has 0 aromatic heterocycles. The Labute approximate surface area is 193 Å². The van der Waals surface area contributed by atoms with Crippen LogP contribution in [0.1, 0.15) is 25.3 Å². The van der Waals surface area contributed by atoms with E-state index in [4.69, 9.17) is 9.47 Å². The number of benzene rings is 3. The standard InChI is InChI=1S/C24H25FO6S2/c1-17(2)18-8-11-20(12-9-18)32(26,27)23-13-10-19(31-15-14-30-3)16-24(23)33(28,29)22-7-5-4-6-21(22)25/h4-13,16-17H,14-15H2,1-3H3. The Balaban J connectivity index is 2.19. The average molecular weight is 493 g/mol. The fraction of sp³-hybridized carbons (Fsp3) is 0.250. The lowest BCUT2D eigenvalue weighted by Gasteiger charge is -2.15. The van der Waals surface area contributed by atoms with Crippen LogP contribution in [-0.2, 0) is 24.4 Å².